The topological polar surface area (TPSA) is 154 Å². The van der Waals surface area contributed by atoms with Crippen molar-refractivity contribution >= 4 is 52.9 Å². The molecule has 0 radical (unpaired) electrons. The van der Waals surface area contributed by atoms with Crippen molar-refractivity contribution in [3.05, 3.63) is 46.4 Å². The van der Waals surface area contributed by atoms with Gasteiger partial charge in [-0.3, -0.25) is 19.3 Å². The van der Waals surface area contributed by atoms with Crippen molar-refractivity contribution in [2.75, 3.05) is 12.4 Å². The Hall–Kier alpha value is -3.32. The van der Waals surface area contributed by atoms with Crippen LogP contribution in [-0.2, 0) is 23.9 Å². The van der Waals surface area contributed by atoms with Crippen molar-refractivity contribution in [1.29, 1.82) is 0 Å². The molecule has 13 heteroatoms. The lowest BCUT2D eigenvalue weighted by molar-refractivity contribution is -0.151. The average molecular weight is 481 g/mol. The van der Waals surface area contributed by atoms with Crippen molar-refractivity contribution in [1.82, 2.24) is 20.9 Å². The molecule has 0 saturated carbocycles. The first kappa shape index (κ1) is 23.3. The summed E-state index contributed by atoms with van der Waals surface area (Å²) >= 11 is 2.50. The van der Waals surface area contributed by atoms with Crippen LogP contribution in [-0.4, -0.2) is 63.6 Å². The highest BCUT2D eigenvalue weighted by atomic mass is 32.2. The first-order valence-electron chi connectivity index (χ1n) is 9.29. The quantitative estimate of drug-likeness (QED) is 0.310. The number of urea groups is 1. The summed E-state index contributed by atoms with van der Waals surface area (Å²) in [5, 5.41) is 18.2. The molecule has 3 rings (SSSR count). The number of hydrogen-bond donors (Lipinski definition) is 4. The molecule has 2 aliphatic rings. The maximum absolute atomic E-state index is 12.9. The largest absolute Gasteiger partial charge is 0.477 e. The third-order valence-corrected chi connectivity index (χ3v) is 6.87. The number of nitrogens with one attached hydrogen (secondary N) is 3. The van der Waals surface area contributed by atoms with Gasteiger partial charge in [-0.1, -0.05) is 12.6 Å². The zero-order chi connectivity index (χ0) is 23.4. The summed E-state index contributed by atoms with van der Waals surface area (Å²) in [5.41, 5.74) is 0.0510. The number of hydrogen-bond acceptors (Lipinski definition) is 8. The standard InChI is InChI=1S/C19H20N4O7S2/c1-3-20-19(29)22-12(11-5-4-6-31-11)15(25)21-13-16(26)23-14(18(27)28)10(7-30-9(2)24)8-32-17(13)23/h3-6,12-13,17H,1,7-8H2,2H3,(H,21,25)(H,27,28)(H2,20,22,29)/t12?,13-,17?/m0/s1. The minimum atomic E-state index is -1.32. The van der Waals surface area contributed by atoms with Gasteiger partial charge in [0.15, 0.2) is 0 Å². The second-order valence-electron chi connectivity index (χ2n) is 6.70. The molecule has 0 spiro atoms. The van der Waals surface area contributed by atoms with E-state index in [9.17, 15) is 29.1 Å². The molecule has 4 amide bonds. The Morgan fingerprint density at radius 2 is 2.16 bits per heavy atom. The molecule has 3 atom stereocenters. The zero-order valence-corrected chi connectivity index (χ0v) is 18.5. The number of carbonyl (C=O) groups excluding carboxylic acids is 4. The highest BCUT2D eigenvalue weighted by Gasteiger charge is 2.54. The molecule has 11 nitrogen and oxygen atoms in total. The van der Waals surface area contributed by atoms with Crippen LogP contribution < -0.4 is 16.0 Å². The Kier molecular flexibility index (Phi) is 7.20. The first-order chi connectivity index (χ1) is 15.2. The lowest BCUT2D eigenvalue weighted by Crippen LogP contribution is -2.71. The van der Waals surface area contributed by atoms with Crippen molar-refractivity contribution < 1.29 is 33.8 Å². The molecule has 1 saturated heterocycles. The molecule has 1 aromatic heterocycles. The molecule has 4 N–H and O–H groups in total. The Balaban J connectivity index is 1.75. The fourth-order valence-corrected chi connectivity index (χ4v) is 5.31. The number of carboxylic acids is 1. The highest BCUT2D eigenvalue weighted by Crippen LogP contribution is 2.40. The molecule has 1 aromatic rings. The Morgan fingerprint density at radius 3 is 2.75 bits per heavy atom. The molecule has 1 fully saturated rings. The molecule has 3 heterocycles. The Bertz CT molecular complexity index is 992. The van der Waals surface area contributed by atoms with Crippen molar-refractivity contribution in [2.24, 2.45) is 0 Å². The third kappa shape index (κ3) is 4.78. The molecule has 0 aromatic carbocycles. The van der Waals surface area contributed by atoms with E-state index in [0.717, 1.165) is 11.1 Å². The van der Waals surface area contributed by atoms with E-state index < -0.39 is 47.2 Å². The van der Waals surface area contributed by atoms with Gasteiger partial charge in [0.2, 0.25) is 5.91 Å². The van der Waals surface area contributed by atoms with Crippen LogP contribution in [0, 0.1) is 0 Å². The normalized spacial score (nSPS) is 20.4. The van der Waals surface area contributed by atoms with Crippen LogP contribution in [0.4, 0.5) is 4.79 Å². The third-order valence-electron chi connectivity index (χ3n) is 4.60. The van der Waals surface area contributed by atoms with Crippen LogP contribution >= 0.6 is 23.1 Å². The van der Waals surface area contributed by atoms with E-state index in [4.69, 9.17) is 4.74 Å². The number of β-lactam (4-membered cyclic amide) rings is 1. The summed E-state index contributed by atoms with van der Waals surface area (Å²) in [6.45, 7) is 4.35. The molecule has 2 aliphatic heterocycles. The number of ether oxygens (including phenoxy) is 1. The molecular weight excluding hydrogens is 460 g/mol. The number of rotatable bonds is 8. The van der Waals surface area contributed by atoms with Gasteiger partial charge in [-0.25, -0.2) is 9.59 Å². The van der Waals surface area contributed by atoms with Crippen LogP contribution in [0.5, 0.6) is 0 Å². The Morgan fingerprint density at radius 1 is 1.41 bits per heavy atom. The number of aliphatic carboxylic acids is 1. The van der Waals surface area contributed by atoms with Crippen LogP contribution in [0.2, 0.25) is 0 Å². The molecule has 0 aliphatic carbocycles. The van der Waals surface area contributed by atoms with Gasteiger partial charge in [0.05, 0.1) is 0 Å². The van der Waals surface area contributed by atoms with Crippen LogP contribution in [0.25, 0.3) is 0 Å². The van der Waals surface area contributed by atoms with Gasteiger partial charge in [-0.15, -0.1) is 23.1 Å². The van der Waals surface area contributed by atoms with Gasteiger partial charge in [0.1, 0.15) is 29.8 Å². The minimum Gasteiger partial charge on any atom is -0.477 e. The average Bonchev–Trinajstić information content (AvgIpc) is 3.27. The highest BCUT2D eigenvalue weighted by molar-refractivity contribution is 8.00. The summed E-state index contributed by atoms with van der Waals surface area (Å²) < 4.78 is 4.89. The molecule has 2 unspecified atom stereocenters. The van der Waals surface area contributed by atoms with Gasteiger partial charge in [0, 0.05) is 23.1 Å². The van der Waals surface area contributed by atoms with Gasteiger partial charge in [-0.05, 0) is 17.6 Å². The number of carboxylic acid groups (broad SMARTS) is 1. The van der Waals surface area contributed by atoms with Crippen LogP contribution in [0.1, 0.15) is 17.8 Å². The zero-order valence-electron chi connectivity index (χ0n) is 16.8. The van der Waals surface area contributed by atoms with Gasteiger partial charge in [-0.2, -0.15) is 0 Å². The Labute approximate surface area is 190 Å². The maximum Gasteiger partial charge on any atom is 0.352 e. The number of nitrogens with zero attached hydrogens (tertiary/aromatic N) is 1. The van der Waals surface area contributed by atoms with E-state index in [-0.39, 0.29) is 18.1 Å². The number of fused-ring (bicyclic) bond motifs is 1. The minimum absolute atomic E-state index is 0.212. The number of thiophene rings is 1. The first-order valence-corrected chi connectivity index (χ1v) is 11.2. The van der Waals surface area contributed by atoms with E-state index in [1.807, 2.05) is 0 Å². The van der Waals surface area contributed by atoms with Crippen LogP contribution in [0.15, 0.2) is 41.6 Å². The molecular formula is C19H20N4O7S2. The summed E-state index contributed by atoms with van der Waals surface area (Å²) in [5.74, 6) is -2.90. The van der Waals surface area contributed by atoms with Crippen LogP contribution in [0.3, 0.4) is 0 Å². The number of thioether (sulfide) groups is 1. The van der Waals surface area contributed by atoms with E-state index in [2.05, 4.69) is 22.5 Å². The van der Waals surface area contributed by atoms with E-state index in [0.29, 0.717) is 10.5 Å². The monoisotopic (exact) mass is 480 g/mol. The van der Waals surface area contributed by atoms with E-state index in [1.165, 1.54) is 30.0 Å². The number of esters is 1. The van der Waals surface area contributed by atoms with E-state index >= 15 is 0 Å². The second-order valence-corrected chi connectivity index (χ2v) is 8.79. The van der Waals surface area contributed by atoms with Crippen molar-refractivity contribution in [3.63, 3.8) is 0 Å². The smallest absolute Gasteiger partial charge is 0.352 e. The predicted molar refractivity (Wildman–Crippen MR) is 115 cm³/mol. The summed E-state index contributed by atoms with van der Waals surface area (Å²) in [6.07, 6.45) is 1.16. The summed E-state index contributed by atoms with van der Waals surface area (Å²) in [4.78, 5) is 62.1. The lowest BCUT2D eigenvalue weighted by atomic mass is 10.0. The molecule has 32 heavy (non-hydrogen) atoms. The van der Waals surface area contributed by atoms with Crippen molar-refractivity contribution in [2.45, 2.75) is 24.4 Å². The maximum atomic E-state index is 12.9. The van der Waals surface area contributed by atoms with Gasteiger partial charge < -0.3 is 25.8 Å². The number of carbonyl (C=O) groups is 5. The van der Waals surface area contributed by atoms with E-state index in [1.54, 1.807) is 17.5 Å². The molecule has 0 bridgehead atoms. The second kappa shape index (κ2) is 9.87. The SMILES string of the molecule is C=CNC(=O)NC(C(=O)N[C@H]1C(=O)N2C(C(=O)O)=C(COC(C)=O)CSC12)c1cccs1. The fourth-order valence-electron chi connectivity index (χ4n) is 3.21. The fraction of sp³-hybridized carbons (Fsp3) is 0.316. The van der Waals surface area contributed by atoms with Gasteiger partial charge >= 0.3 is 18.0 Å². The number of amides is 4. The molecule has 170 valence electrons. The van der Waals surface area contributed by atoms with Crippen molar-refractivity contribution in [3.8, 4) is 0 Å². The summed E-state index contributed by atoms with van der Waals surface area (Å²) in [6, 6.07) is 0.714. The summed E-state index contributed by atoms with van der Waals surface area (Å²) in [7, 11) is 0. The lowest BCUT2D eigenvalue weighted by Gasteiger charge is -2.49. The predicted octanol–water partition coefficient (Wildman–Crippen LogP) is 0.534. The van der Waals surface area contributed by atoms with Gasteiger partial charge in [0.25, 0.3) is 5.91 Å².